The maximum atomic E-state index is 5.64. The Hall–Kier alpha value is -1.00. The summed E-state index contributed by atoms with van der Waals surface area (Å²) in [5.74, 6) is 2.11. The van der Waals surface area contributed by atoms with E-state index in [4.69, 9.17) is 5.73 Å². The lowest BCUT2D eigenvalue weighted by Gasteiger charge is -2.04. The third-order valence-electron chi connectivity index (χ3n) is 2.72. The molecule has 0 aliphatic rings. The molecule has 0 fully saturated rings. The second-order valence-electron chi connectivity index (χ2n) is 3.73. The zero-order valence-corrected chi connectivity index (χ0v) is 10.5. The van der Waals surface area contributed by atoms with Gasteiger partial charge in [-0.25, -0.2) is 4.98 Å². The van der Waals surface area contributed by atoms with Gasteiger partial charge >= 0.3 is 0 Å². The summed E-state index contributed by atoms with van der Waals surface area (Å²) in [6.45, 7) is 3.70. The topological polar surface area (TPSA) is 43.8 Å². The van der Waals surface area contributed by atoms with Crippen LogP contribution in [0.3, 0.4) is 0 Å². The van der Waals surface area contributed by atoms with Crippen molar-refractivity contribution in [3.8, 4) is 0 Å². The van der Waals surface area contributed by atoms with Crippen molar-refractivity contribution in [2.75, 3.05) is 6.26 Å². The van der Waals surface area contributed by atoms with Crippen LogP contribution in [-0.4, -0.2) is 15.8 Å². The van der Waals surface area contributed by atoms with Crippen LogP contribution in [0.15, 0.2) is 18.2 Å². The van der Waals surface area contributed by atoms with Crippen molar-refractivity contribution in [2.24, 2.45) is 5.73 Å². The minimum atomic E-state index is 0.576. The average molecular weight is 235 g/mol. The van der Waals surface area contributed by atoms with Gasteiger partial charge in [-0.1, -0.05) is 6.07 Å². The molecule has 2 N–H and O–H groups in total. The van der Waals surface area contributed by atoms with Gasteiger partial charge in [0.05, 0.1) is 16.8 Å². The Morgan fingerprint density at radius 3 is 2.88 bits per heavy atom. The van der Waals surface area contributed by atoms with Crippen LogP contribution in [0, 0.1) is 0 Å². The predicted molar refractivity (Wildman–Crippen MR) is 70.5 cm³/mol. The first-order chi connectivity index (χ1) is 7.80. The molecule has 1 aromatic heterocycles. The Balaban J connectivity index is 2.57. The summed E-state index contributed by atoms with van der Waals surface area (Å²) in [6.07, 6.45) is 2.10. The zero-order valence-electron chi connectivity index (χ0n) is 9.73. The highest BCUT2D eigenvalue weighted by molar-refractivity contribution is 7.97. The van der Waals surface area contributed by atoms with Gasteiger partial charge in [0.15, 0.2) is 0 Å². The molecule has 4 heteroatoms. The summed E-state index contributed by atoms with van der Waals surface area (Å²) in [6, 6.07) is 6.29. The van der Waals surface area contributed by atoms with Crippen molar-refractivity contribution in [1.82, 2.24) is 9.55 Å². The Morgan fingerprint density at radius 2 is 2.25 bits per heavy atom. The predicted octanol–water partition coefficient (Wildman–Crippen LogP) is 2.38. The molecule has 0 unspecified atom stereocenters. The number of aromatic nitrogens is 2. The Morgan fingerprint density at radius 1 is 1.44 bits per heavy atom. The number of imidazole rings is 1. The van der Waals surface area contributed by atoms with Crippen LogP contribution in [0.5, 0.6) is 0 Å². The van der Waals surface area contributed by atoms with Gasteiger partial charge in [-0.15, -0.1) is 0 Å². The fourth-order valence-electron chi connectivity index (χ4n) is 1.94. The van der Waals surface area contributed by atoms with Gasteiger partial charge in [0, 0.05) is 13.1 Å². The van der Waals surface area contributed by atoms with Crippen molar-refractivity contribution in [3.63, 3.8) is 0 Å². The monoisotopic (exact) mass is 235 g/mol. The van der Waals surface area contributed by atoms with Crippen molar-refractivity contribution < 1.29 is 0 Å². The van der Waals surface area contributed by atoms with E-state index in [2.05, 4.69) is 40.9 Å². The Bertz CT molecular complexity index is 490. The van der Waals surface area contributed by atoms with Crippen LogP contribution in [0.25, 0.3) is 11.0 Å². The van der Waals surface area contributed by atoms with E-state index in [0.717, 1.165) is 29.2 Å². The maximum absolute atomic E-state index is 5.64. The summed E-state index contributed by atoms with van der Waals surface area (Å²) < 4.78 is 2.27. The lowest BCUT2D eigenvalue weighted by Crippen LogP contribution is -2.00. The Labute approximate surface area is 100 Å². The van der Waals surface area contributed by atoms with E-state index in [-0.39, 0.29) is 0 Å². The fraction of sp³-hybridized carbons (Fsp3) is 0.417. The van der Waals surface area contributed by atoms with Gasteiger partial charge in [0.1, 0.15) is 5.82 Å². The molecule has 0 aliphatic heterocycles. The number of hydrogen-bond acceptors (Lipinski definition) is 3. The normalized spacial score (nSPS) is 11.2. The molecule has 16 heavy (non-hydrogen) atoms. The molecule has 0 radical (unpaired) electrons. The van der Waals surface area contributed by atoms with Crippen LogP contribution in [0.1, 0.15) is 18.3 Å². The third-order valence-corrected chi connectivity index (χ3v) is 3.26. The minimum Gasteiger partial charge on any atom is -0.328 e. The number of thioether (sulfide) groups is 1. The van der Waals surface area contributed by atoms with Gasteiger partial charge < -0.3 is 10.3 Å². The number of fused-ring (bicyclic) bond motifs is 1. The molecule has 0 amide bonds. The van der Waals surface area contributed by atoms with Crippen LogP contribution in [0.4, 0.5) is 0 Å². The number of hydrogen-bond donors (Lipinski definition) is 1. The molecule has 0 saturated carbocycles. The second-order valence-corrected chi connectivity index (χ2v) is 4.60. The van der Waals surface area contributed by atoms with E-state index >= 15 is 0 Å². The van der Waals surface area contributed by atoms with E-state index in [1.54, 1.807) is 11.8 Å². The van der Waals surface area contributed by atoms with Gasteiger partial charge in [0.2, 0.25) is 0 Å². The number of nitrogens with two attached hydrogens (primary N) is 1. The molecule has 1 aromatic carbocycles. The van der Waals surface area contributed by atoms with E-state index in [0.29, 0.717) is 6.54 Å². The van der Waals surface area contributed by atoms with Crippen molar-refractivity contribution in [1.29, 1.82) is 0 Å². The molecule has 0 atom stereocenters. The first kappa shape index (κ1) is 11.5. The van der Waals surface area contributed by atoms with E-state index in [1.165, 1.54) is 5.52 Å². The van der Waals surface area contributed by atoms with Gasteiger partial charge in [0.25, 0.3) is 0 Å². The standard InChI is InChI=1S/C12H17N3S/c1-3-15-11-5-4-9(7-13)6-10(11)14-12(15)8-16-2/h4-6H,3,7-8,13H2,1-2H3. The largest absolute Gasteiger partial charge is 0.328 e. The molecule has 0 saturated heterocycles. The number of nitrogens with zero attached hydrogens (tertiary/aromatic N) is 2. The molecule has 0 bridgehead atoms. The maximum Gasteiger partial charge on any atom is 0.119 e. The zero-order chi connectivity index (χ0) is 11.5. The van der Waals surface area contributed by atoms with Crippen LogP contribution in [0.2, 0.25) is 0 Å². The lowest BCUT2D eigenvalue weighted by atomic mass is 10.2. The number of rotatable bonds is 4. The first-order valence-corrected chi connectivity index (χ1v) is 6.86. The quantitative estimate of drug-likeness (QED) is 0.885. The molecular weight excluding hydrogens is 218 g/mol. The molecule has 86 valence electrons. The highest BCUT2D eigenvalue weighted by atomic mass is 32.2. The van der Waals surface area contributed by atoms with Gasteiger partial charge in [-0.3, -0.25) is 0 Å². The SMILES string of the molecule is CCn1c(CSC)nc2cc(CN)ccc21. The van der Waals surface area contributed by atoms with E-state index in [9.17, 15) is 0 Å². The molecule has 2 aromatic rings. The van der Waals surface area contributed by atoms with Crippen molar-refractivity contribution in [2.45, 2.75) is 25.8 Å². The summed E-state index contributed by atoms with van der Waals surface area (Å²) in [5, 5.41) is 0. The summed E-state index contributed by atoms with van der Waals surface area (Å²) in [5.41, 5.74) is 9.06. The highest BCUT2D eigenvalue weighted by Crippen LogP contribution is 2.20. The summed E-state index contributed by atoms with van der Waals surface area (Å²) in [4.78, 5) is 4.67. The van der Waals surface area contributed by atoms with Crippen LogP contribution in [-0.2, 0) is 18.8 Å². The molecular formula is C12H17N3S. The second kappa shape index (κ2) is 4.89. The van der Waals surface area contributed by atoms with Gasteiger partial charge in [-0.2, -0.15) is 11.8 Å². The molecule has 0 aliphatic carbocycles. The van der Waals surface area contributed by atoms with E-state index < -0.39 is 0 Å². The van der Waals surface area contributed by atoms with Crippen LogP contribution < -0.4 is 5.73 Å². The lowest BCUT2D eigenvalue weighted by molar-refractivity contribution is 0.748. The Kier molecular flexibility index (Phi) is 3.51. The third kappa shape index (κ3) is 1.95. The fourth-order valence-corrected chi connectivity index (χ4v) is 2.42. The average Bonchev–Trinajstić information content (AvgIpc) is 2.65. The van der Waals surface area contributed by atoms with E-state index in [1.807, 2.05) is 0 Å². The minimum absolute atomic E-state index is 0.576. The molecule has 0 spiro atoms. The summed E-state index contributed by atoms with van der Waals surface area (Å²) in [7, 11) is 0. The highest BCUT2D eigenvalue weighted by Gasteiger charge is 2.08. The van der Waals surface area contributed by atoms with Gasteiger partial charge in [-0.05, 0) is 30.9 Å². The van der Waals surface area contributed by atoms with Crippen molar-refractivity contribution in [3.05, 3.63) is 29.6 Å². The number of benzene rings is 1. The summed E-state index contributed by atoms with van der Waals surface area (Å²) >= 11 is 1.80. The van der Waals surface area contributed by atoms with Crippen LogP contribution >= 0.6 is 11.8 Å². The molecule has 1 heterocycles. The molecule has 2 rings (SSSR count). The first-order valence-electron chi connectivity index (χ1n) is 5.47. The smallest absolute Gasteiger partial charge is 0.119 e. The number of aryl methyl sites for hydroxylation is 1. The molecule has 3 nitrogen and oxygen atoms in total. The van der Waals surface area contributed by atoms with Crippen molar-refractivity contribution >= 4 is 22.8 Å².